The van der Waals surface area contributed by atoms with E-state index in [-0.39, 0.29) is 42.2 Å². The van der Waals surface area contributed by atoms with Gasteiger partial charge in [-0.25, -0.2) is 0 Å². The van der Waals surface area contributed by atoms with Gasteiger partial charge in [0.15, 0.2) is 17.5 Å². The zero-order valence-electron chi connectivity index (χ0n) is 20.2. The molecule has 2 aromatic rings. The molecule has 3 heterocycles. The molecule has 1 saturated heterocycles. The van der Waals surface area contributed by atoms with Gasteiger partial charge in [-0.2, -0.15) is 5.10 Å². The SMILES string of the molecule is CN=C(NCC1(c2ccc3c(c2)OCO3)CCOCC1)NC(C)Cc1c(C)nn(C)c1C.I. The molecule has 2 aliphatic rings. The van der Waals surface area contributed by atoms with Crippen LogP contribution in [0.15, 0.2) is 23.2 Å². The first-order valence-electron chi connectivity index (χ1n) is 11.4. The molecule has 9 heteroatoms. The highest BCUT2D eigenvalue weighted by atomic mass is 127. The Kier molecular flexibility index (Phi) is 8.49. The van der Waals surface area contributed by atoms with Gasteiger partial charge in [-0.1, -0.05) is 6.07 Å². The smallest absolute Gasteiger partial charge is 0.231 e. The van der Waals surface area contributed by atoms with Crippen LogP contribution in [0.4, 0.5) is 0 Å². The molecule has 0 aliphatic carbocycles. The molecular formula is C24H36IN5O3. The van der Waals surface area contributed by atoms with Gasteiger partial charge in [0.1, 0.15) is 0 Å². The molecule has 2 aliphatic heterocycles. The van der Waals surface area contributed by atoms with E-state index in [1.165, 1.54) is 16.8 Å². The largest absolute Gasteiger partial charge is 0.454 e. The zero-order valence-corrected chi connectivity index (χ0v) is 22.6. The van der Waals surface area contributed by atoms with Crippen molar-refractivity contribution in [3.63, 3.8) is 0 Å². The second kappa shape index (κ2) is 10.9. The molecule has 1 atom stereocenters. The standard InChI is InChI=1S/C24H35N5O3.HI/c1-16(12-20-17(2)28-29(5)18(20)3)27-23(25-4)26-14-24(8-10-30-11-9-24)19-6-7-21-22(13-19)32-15-31-21;/h6-7,13,16H,8-12,14-15H2,1-5H3,(H2,25,26,27);1H. The Morgan fingerprint density at radius 3 is 2.61 bits per heavy atom. The Balaban J connectivity index is 0.00000306. The molecule has 1 aromatic carbocycles. The molecule has 1 aromatic heterocycles. The normalized spacial score (nSPS) is 17.9. The maximum atomic E-state index is 5.69. The number of aryl methyl sites for hydroxylation is 2. The van der Waals surface area contributed by atoms with E-state index in [2.05, 4.69) is 53.6 Å². The minimum atomic E-state index is -0.0450. The van der Waals surface area contributed by atoms with Crippen LogP contribution in [-0.2, 0) is 23.6 Å². The molecular weight excluding hydrogens is 533 g/mol. The lowest BCUT2D eigenvalue weighted by molar-refractivity contribution is 0.0513. The van der Waals surface area contributed by atoms with Crippen molar-refractivity contribution in [2.45, 2.75) is 51.5 Å². The molecule has 1 fully saturated rings. The Hall–Kier alpha value is -2.01. The van der Waals surface area contributed by atoms with Crippen LogP contribution in [0, 0.1) is 13.8 Å². The first kappa shape index (κ1) is 25.6. The molecule has 0 spiro atoms. The number of fused-ring (bicyclic) bond motifs is 1. The van der Waals surface area contributed by atoms with Gasteiger partial charge in [0.05, 0.1) is 5.69 Å². The van der Waals surface area contributed by atoms with Gasteiger partial charge in [0.2, 0.25) is 6.79 Å². The summed E-state index contributed by atoms with van der Waals surface area (Å²) in [6.45, 7) is 8.93. The van der Waals surface area contributed by atoms with Crippen LogP contribution < -0.4 is 20.1 Å². The Labute approximate surface area is 213 Å². The van der Waals surface area contributed by atoms with Gasteiger partial charge < -0.3 is 24.8 Å². The van der Waals surface area contributed by atoms with Gasteiger partial charge in [-0.3, -0.25) is 9.67 Å². The second-order valence-electron chi connectivity index (χ2n) is 8.91. The second-order valence-corrected chi connectivity index (χ2v) is 8.91. The van der Waals surface area contributed by atoms with Crippen LogP contribution in [0.1, 0.15) is 42.3 Å². The van der Waals surface area contributed by atoms with Gasteiger partial charge in [0.25, 0.3) is 0 Å². The van der Waals surface area contributed by atoms with Crippen LogP contribution in [0.5, 0.6) is 11.5 Å². The van der Waals surface area contributed by atoms with E-state index in [1.807, 2.05) is 24.8 Å². The number of hydrogen-bond acceptors (Lipinski definition) is 5. The lowest BCUT2D eigenvalue weighted by Crippen LogP contribution is -2.50. The number of ether oxygens (including phenoxy) is 3. The summed E-state index contributed by atoms with van der Waals surface area (Å²) >= 11 is 0. The van der Waals surface area contributed by atoms with Crippen LogP contribution in [-0.4, -0.2) is 55.4 Å². The molecule has 0 radical (unpaired) electrons. The fraction of sp³-hybridized carbons (Fsp3) is 0.583. The molecule has 182 valence electrons. The number of halogens is 1. The molecule has 1 unspecified atom stereocenters. The van der Waals surface area contributed by atoms with Crippen LogP contribution >= 0.6 is 24.0 Å². The number of hydrogen-bond donors (Lipinski definition) is 2. The van der Waals surface area contributed by atoms with Gasteiger partial charge in [0, 0.05) is 51.0 Å². The first-order valence-corrected chi connectivity index (χ1v) is 11.4. The summed E-state index contributed by atoms with van der Waals surface area (Å²) in [4.78, 5) is 4.48. The lowest BCUT2D eigenvalue weighted by Gasteiger charge is -2.38. The number of nitrogens with one attached hydrogen (secondary N) is 2. The summed E-state index contributed by atoms with van der Waals surface area (Å²) in [5.74, 6) is 2.45. The molecule has 33 heavy (non-hydrogen) atoms. The van der Waals surface area contributed by atoms with Gasteiger partial charge in [-0.05, 0) is 63.3 Å². The van der Waals surface area contributed by atoms with E-state index in [9.17, 15) is 0 Å². The number of nitrogens with zero attached hydrogens (tertiary/aromatic N) is 3. The molecule has 0 saturated carbocycles. The van der Waals surface area contributed by atoms with Crippen molar-refractivity contribution in [1.82, 2.24) is 20.4 Å². The van der Waals surface area contributed by atoms with Crippen LogP contribution in [0.25, 0.3) is 0 Å². The van der Waals surface area contributed by atoms with Gasteiger partial charge >= 0.3 is 0 Å². The average molecular weight is 569 g/mol. The highest BCUT2D eigenvalue weighted by molar-refractivity contribution is 14.0. The number of guanidine groups is 1. The maximum Gasteiger partial charge on any atom is 0.231 e. The van der Waals surface area contributed by atoms with Crippen molar-refractivity contribution in [1.29, 1.82) is 0 Å². The predicted octanol–water partition coefficient (Wildman–Crippen LogP) is 3.23. The van der Waals surface area contributed by atoms with Crippen molar-refractivity contribution >= 4 is 29.9 Å². The monoisotopic (exact) mass is 569 g/mol. The third-order valence-corrected chi connectivity index (χ3v) is 6.80. The minimum Gasteiger partial charge on any atom is -0.454 e. The van der Waals surface area contributed by atoms with Gasteiger partial charge in [-0.15, -0.1) is 24.0 Å². The highest BCUT2D eigenvalue weighted by Gasteiger charge is 2.36. The quantitative estimate of drug-likeness (QED) is 0.316. The fourth-order valence-corrected chi connectivity index (χ4v) is 4.71. The van der Waals surface area contributed by atoms with E-state index < -0.39 is 0 Å². The maximum absolute atomic E-state index is 5.69. The molecule has 0 bridgehead atoms. The molecule has 0 amide bonds. The molecule has 2 N–H and O–H groups in total. The Morgan fingerprint density at radius 1 is 1.21 bits per heavy atom. The summed E-state index contributed by atoms with van der Waals surface area (Å²) < 4.78 is 18.8. The van der Waals surface area contributed by atoms with Crippen molar-refractivity contribution in [2.24, 2.45) is 12.0 Å². The van der Waals surface area contributed by atoms with Crippen LogP contribution in [0.2, 0.25) is 0 Å². The molecule has 4 rings (SSSR count). The zero-order chi connectivity index (χ0) is 22.7. The van der Waals surface area contributed by atoms with Crippen molar-refractivity contribution in [3.05, 3.63) is 40.7 Å². The van der Waals surface area contributed by atoms with E-state index in [0.717, 1.165) is 62.2 Å². The van der Waals surface area contributed by atoms with E-state index in [4.69, 9.17) is 14.2 Å². The van der Waals surface area contributed by atoms with Crippen LogP contribution in [0.3, 0.4) is 0 Å². The lowest BCUT2D eigenvalue weighted by atomic mass is 9.74. The van der Waals surface area contributed by atoms with Crippen molar-refractivity contribution in [3.8, 4) is 11.5 Å². The third kappa shape index (κ3) is 5.56. The van der Waals surface area contributed by atoms with Crippen molar-refractivity contribution in [2.75, 3.05) is 33.6 Å². The van der Waals surface area contributed by atoms with E-state index in [1.54, 1.807) is 0 Å². The summed E-state index contributed by atoms with van der Waals surface area (Å²) in [7, 11) is 3.81. The molecule has 8 nitrogen and oxygen atoms in total. The summed E-state index contributed by atoms with van der Waals surface area (Å²) in [6, 6.07) is 6.52. The van der Waals surface area contributed by atoms with Crippen molar-refractivity contribution < 1.29 is 14.2 Å². The number of benzene rings is 1. The average Bonchev–Trinajstić information content (AvgIpc) is 3.36. The number of aliphatic imine (C=N–C) groups is 1. The Bertz CT molecular complexity index is 985. The Morgan fingerprint density at radius 2 is 1.94 bits per heavy atom. The predicted molar refractivity (Wildman–Crippen MR) is 140 cm³/mol. The topological polar surface area (TPSA) is 81.9 Å². The summed E-state index contributed by atoms with van der Waals surface area (Å²) in [6.07, 6.45) is 2.79. The first-order chi connectivity index (χ1) is 15.4. The highest BCUT2D eigenvalue weighted by Crippen LogP contribution is 2.40. The summed E-state index contributed by atoms with van der Waals surface area (Å²) in [5.41, 5.74) is 4.80. The number of rotatable bonds is 6. The van der Waals surface area contributed by atoms with E-state index in [0.29, 0.717) is 0 Å². The van der Waals surface area contributed by atoms with E-state index >= 15 is 0 Å². The summed E-state index contributed by atoms with van der Waals surface area (Å²) in [5, 5.41) is 11.7. The third-order valence-electron chi connectivity index (χ3n) is 6.80. The number of aromatic nitrogens is 2. The fourth-order valence-electron chi connectivity index (χ4n) is 4.71. The minimum absolute atomic E-state index is 0.